The molecule has 0 atom stereocenters. The fourth-order valence-electron chi connectivity index (χ4n) is 3.33. The lowest BCUT2D eigenvalue weighted by Crippen LogP contribution is -2.02. The van der Waals surface area contributed by atoms with Gasteiger partial charge in [-0.05, 0) is 37.7 Å². The Kier molecular flexibility index (Phi) is 12.8. The van der Waals surface area contributed by atoms with Crippen molar-refractivity contribution in [2.75, 3.05) is 19.8 Å². The van der Waals surface area contributed by atoms with Crippen LogP contribution in [0.2, 0.25) is 0 Å². The second-order valence-electron chi connectivity index (χ2n) is 8.11. The number of aliphatic carboxylic acids is 1. The molecule has 0 spiro atoms. The number of carbonyl (C=O) groups is 1. The van der Waals surface area contributed by atoms with Crippen LogP contribution in [-0.4, -0.2) is 40.9 Å². The molecule has 0 amide bonds. The van der Waals surface area contributed by atoms with Crippen LogP contribution >= 0.6 is 0 Å². The van der Waals surface area contributed by atoms with E-state index < -0.39 is 5.97 Å². The van der Waals surface area contributed by atoms with Gasteiger partial charge in [-0.15, -0.1) is 0 Å². The van der Waals surface area contributed by atoms with Crippen molar-refractivity contribution in [3.05, 3.63) is 48.3 Å². The standard InChI is InChI=1S/C27H38N2O4/c1-3-5-7-8-9-12-25(27(30)31)22-13-15-23(16-14-22)26-28-20-24(21-29-26)33-19-11-10-18-32-17-6-4-2/h12-16,20-21H,3-11,17-19H2,1-2H3,(H,30,31). The van der Waals surface area contributed by atoms with Gasteiger partial charge in [0.25, 0.3) is 0 Å². The van der Waals surface area contributed by atoms with Crippen LogP contribution in [0.25, 0.3) is 17.0 Å². The molecule has 0 aliphatic heterocycles. The molecule has 2 rings (SSSR count). The van der Waals surface area contributed by atoms with E-state index in [0.29, 0.717) is 29.3 Å². The van der Waals surface area contributed by atoms with Gasteiger partial charge in [-0.25, -0.2) is 14.8 Å². The number of benzene rings is 1. The van der Waals surface area contributed by atoms with Crippen LogP contribution in [0.1, 0.15) is 77.2 Å². The van der Waals surface area contributed by atoms with Crippen LogP contribution in [0.3, 0.4) is 0 Å². The van der Waals surface area contributed by atoms with Gasteiger partial charge in [-0.1, -0.05) is 69.9 Å². The Bertz CT molecular complexity index is 832. The number of carboxylic acid groups (broad SMARTS) is 1. The third-order valence-electron chi connectivity index (χ3n) is 5.31. The minimum absolute atomic E-state index is 0.346. The fraction of sp³-hybridized carbons (Fsp3) is 0.519. The lowest BCUT2D eigenvalue weighted by Gasteiger charge is -2.08. The van der Waals surface area contributed by atoms with Crippen LogP contribution < -0.4 is 4.74 Å². The maximum absolute atomic E-state index is 11.7. The van der Waals surface area contributed by atoms with E-state index in [1.807, 2.05) is 30.3 Å². The Hall–Kier alpha value is -2.73. The average Bonchev–Trinajstić information content (AvgIpc) is 2.83. The van der Waals surface area contributed by atoms with Gasteiger partial charge < -0.3 is 14.6 Å². The first-order valence-corrected chi connectivity index (χ1v) is 12.2. The van der Waals surface area contributed by atoms with E-state index in [4.69, 9.17) is 9.47 Å². The van der Waals surface area contributed by atoms with Gasteiger partial charge >= 0.3 is 5.97 Å². The summed E-state index contributed by atoms with van der Waals surface area (Å²) in [7, 11) is 0. The molecule has 1 aromatic carbocycles. The number of ether oxygens (including phenoxy) is 2. The topological polar surface area (TPSA) is 81.5 Å². The average molecular weight is 455 g/mol. The number of rotatable bonds is 17. The molecule has 1 aromatic heterocycles. The first kappa shape index (κ1) is 26.5. The molecule has 0 bridgehead atoms. The zero-order valence-electron chi connectivity index (χ0n) is 20.1. The number of nitrogens with zero attached hydrogens (tertiary/aromatic N) is 2. The maximum atomic E-state index is 11.7. The van der Waals surface area contributed by atoms with Crippen LogP contribution in [0, 0.1) is 0 Å². The molecule has 0 saturated heterocycles. The second-order valence-corrected chi connectivity index (χ2v) is 8.11. The molecule has 33 heavy (non-hydrogen) atoms. The van der Waals surface area contributed by atoms with E-state index in [2.05, 4.69) is 23.8 Å². The lowest BCUT2D eigenvalue weighted by molar-refractivity contribution is -0.130. The zero-order chi connectivity index (χ0) is 23.7. The highest BCUT2D eigenvalue weighted by Gasteiger charge is 2.11. The molecule has 6 nitrogen and oxygen atoms in total. The van der Waals surface area contributed by atoms with E-state index in [1.54, 1.807) is 12.4 Å². The van der Waals surface area contributed by atoms with Gasteiger partial charge in [0.15, 0.2) is 11.6 Å². The molecule has 0 fully saturated rings. The summed E-state index contributed by atoms with van der Waals surface area (Å²) in [5.41, 5.74) is 1.88. The van der Waals surface area contributed by atoms with E-state index in [9.17, 15) is 9.90 Å². The summed E-state index contributed by atoms with van der Waals surface area (Å²) >= 11 is 0. The summed E-state index contributed by atoms with van der Waals surface area (Å²) in [4.78, 5) is 20.5. The smallest absolute Gasteiger partial charge is 0.335 e. The molecule has 6 heteroatoms. The molecular formula is C27H38N2O4. The molecule has 1 heterocycles. The molecule has 180 valence electrons. The first-order valence-electron chi connectivity index (χ1n) is 12.2. The van der Waals surface area contributed by atoms with E-state index >= 15 is 0 Å². The van der Waals surface area contributed by atoms with Crippen molar-refractivity contribution in [3.63, 3.8) is 0 Å². The minimum Gasteiger partial charge on any atom is -0.490 e. The van der Waals surface area contributed by atoms with Gasteiger partial charge in [0.1, 0.15) is 0 Å². The summed E-state index contributed by atoms with van der Waals surface area (Å²) in [5, 5.41) is 9.59. The highest BCUT2D eigenvalue weighted by Crippen LogP contribution is 2.22. The van der Waals surface area contributed by atoms with Gasteiger partial charge in [0.05, 0.1) is 24.6 Å². The van der Waals surface area contributed by atoms with Crippen LogP contribution in [0.4, 0.5) is 0 Å². The molecule has 1 N–H and O–H groups in total. The Labute approximate surface area is 198 Å². The quantitative estimate of drug-likeness (QED) is 0.215. The highest BCUT2D eigenvalue weighted by atomic mass is 16.5. The molecule has 0 aliphatic carbocycles. The summed E-state index contributed by atoms with van der Waals surface area (Å²) in [6.45, 7) is 6.53. The molecule has 0 unspecified atom stereocenters. The molecular weight excluding hydrogens is 416 g/mol. The van der Waals surface area contributed by atoms with Crippen LogP contribution in [-0.2, 0) is 9.53 Å². The predicted octanol–water partition coefficient (Wildman–Crippen LogP) is 6.56. The van der Waals surface area contributed by atoms with Gasteiger partial charge in [-0.2, -0.15) is 0 Å². The summed E-state index contributed by atoms with van der Waals surface area (Å²) in [5.74, 6) is 0.323. The molecule has 2 aromatic rings. The first-order chi connectivity index (χ1) is 16.2. The Balaban J connectivity index is 1.84. The predicted molar refractivity (Wildman–Crippen MR) is 132 cm³/mol. The number of aromatic nitrogens is 2. The SMILES string of the molecule is CCCCCCC=C(C(=O)O)c1ccc(-c2ncc(OCCCCOCCCC)cn2)cc1. The molecule has 0 aliphatic rings. The largest absolute Gasteiger partial charge is 0.490 e. The van der Waals surface area contributed by atoms with E-state index in [-0.39, 0.29) is 0 Å². The Morgan fingerprint density at radius 2 is 1.55 bits per heavy atom. The van der Waals surface area contributed by atoms with Gasteiger partial charge in [0, 0.05) is 18.8 Å². The van der Waals surface area contributed by atoms with Crippen LogP contribution in [0.5, 0.6) is 5.75 Å². The summed E-state index contributed by atoms with van der Waals surface area (Å²) in [6, 6.07) is 7.35. The fourth-order valence-corrected chi connectivity index (χ4v) is 3.33. The summed E-state index contributed by atoms with van der Waals surface area (Å²) < 4.78 is 11.3. The molecule has 0 radical (unpaired) electrons. The third-order valence-corrected chi connectivity index (χ3v) is 5.31. The molecule has 0 saturated carbocycles. The van der Waals surface area contributed by atoms with Crippen molar-refractivity contribution in [1.29, 1.82) is 0 Å². The normalized spacial score (nSPS) is 11.5. The minimum atomic E-state index is -0.900. The van der Waals surface area contributed by atoms with Crippen molar-refractivity contribution >= 4 is 11.5 Å². The summed E-state index contributed by atoms with van der Waals surface area (Å²) in [6.07, 6.45) is 14.6. The Morgan fingerprint density at radius 3 is 2.21 bits per heavy atom. The zero-order valence-corrected chi connectivity index (χ0v) is 20.1. The van der Waals surface area contributed by atoms with Crippen molar-refractivity contribution < 1.29 is 19.4 Å². The van der Waals surface area contributed by atoms with Crippen molar-refractivity contribution in [3.8, 4) is 17.1 Å². The highest BCUT2D eigenvalue weighted by molar-refractivity contribution is 6.15. The number of unbranched alkanes of at least 4 members (excludes halogenated alkanes) is 6. The van der Waals surface area contributed by atoms with E-state index in [1.165, 1.54) is 12.8 Å². The second kappa shape index (κ2) is 16.0. The number of carboxylic acids is 1. The number of hydrogen-bond acceptors (Lipinski definition) is 5. The van der Waals surface area contributed by atoms with Crippen molar-refractivity contribution in [1.82, 2.24) is 9.97 Å². The number of allylic oxidation sites excluding steroid dienone is 1. The van der Waals surface area contributed by atoms with Crippen molar-refractivity contribution in [2.24, 2.45) is 0 Å². The van der Waals surface area contributed by atoms with Crippen molar-refractivity contribution in [2.45, 2.75) is 71.6 Å². The maximum Gasteiger partial charge on any atom is 0.335 e. The number of hydrogen-bond donors (Lipinski definition) is 1. The van der Waals surface area contributed by atoms with Gasteiger partial charge in [0.2, 0.25) is 0 Å². The van der Waals surface area contributed by atoms with Crippen LogP contribution in [0.15, 0.2) is 42.7 Å². The third kappa shape index (κ3) is 10.2. The van der Waals surface area contributed by atoms with Gasteiger partial charge in [-0.3, -0.25) is 0 Å². The lowest BCUT2D eigenvalue weighted by atomic mass is 10.0. The Morgan fingerprint density at radius 1 is 0.879 bits per heavy atom. The van der Waals surface area contributed by atoms with E-state index in [0.717, 1.165) is 63.7 Å². The monoisotopic (exact) mass is 454 g/mol.